The molecule has 24 heavy (non-hydrogen) atoms. The largest absolute Gasteiger partial charge is 0.271 e. The fraction of sp³-hybridized carbons (Fsp3) is 0.0500. The van der Waals surface area contributed by atoms with Crippen molar-refractivity contribution in [3.63, 3.8) is 0 Å². The normalized spacial score (nSPS) is 12.0. The van der Waals surface area contributed by atoms with Gasteiger partial charge in [-0.15, -0.1) is 0 Å². The summed E-state index contributed by atoms with van der Waals surface area (Å²) in [6.07, 6.45) is 5.77. The van der Waals surface area contributed by atoms with E-state index in [2.05, 4.69) is 51.9 Å². The van der Waals surface area contributed by atoms with Crippen LogP contribution in [0.5, 0.6) is 0 Å². The Labute approximate surface area is 139 Å². The predicted octanol–water partition coefficient (Wildman–Crippen LogP) is 3.42. The first kappa shape index (κ1) is 14.3. The molecule has 1 amide bonds. The van der Waals surface area contributed by atoms with Crippen molar-refractivity contribution >= 4 is 12.1 Å². The molecule has 0 unspecified atom stereocenters. The maximum absolute atomic E-state index is 11.9. The standard InChI is InChI=1S/C20H15N3O/c24-20(15-7-9-21-10-8-15)23-22-13-14-5-6-19-17(11-14)12-16-3-1-2-4-18(16)19/h1-11,13H,12H2,(H,23,24)/b22-13+. The Morgan fingerprint density at radius 2 is 1.79 bits per heavy atom. The number of carbonyl (C=O) groups is 1. The number of hydrazone groups is 1. The second-order valence-corrected chi connectivity index (χ2v) is 5.69. The number of benzene rings is 2. The van der Waals surface area contributed by atoms with E-state index >= 15 is 0 Å². The maximum atomic E-state index is 11.9. The minimum atomic E-state index is -0.248. The van der Waals surface area contributed by atoms with Crippen LogP contribution in [0, 0.1) is 0 Å². The van der Waals surface area contributed by atoms with E-state index in [4.69, 9.17) is 0 Å². The number of nitrogens with zero attached hydrogens (tertiary/aromatic N) is 2. The quantitative estimate of drug-likeness (QED) is 0.465. The molecule has 1 aliphatic rings. The third kappa shape index (κ3) is 2.70. The second-order valence-electron chi connectivity index (χ2n) is 5.69. The van der Waals surface area contributed by atoms with Crippen molar-refractivity contribution < 1.29 is 4.79 Å². The van der Waals surface area contributed by atoms with Gasteiger partial charge in [0.05, 0.1) is 6.21 Å². The Hall–Kier alpha value is -3.27. The van der Waals surface area contributed by atoms with E-state index in [0.29, 0.717) is 5.56 Å². The lowest BCUT2D eigenvalue weighted by molar-refractivity contribution is 0.0955. The molecule has 3 aromatic rings. The first-order chi connectivity index (χ1) is 11.8. The summed E-state index contributed by atoms with van der Waals surface area (Å²) in [5.74, 6) is -0.248. The van der Waals surface area contributed by atoms with Crippen molar-refractivity contribution in [1.29, 1.82) is 0 Å². The summed E-state index contributed by atoms with van der Waals surface area (Å²) in [5.41, 5.74) is 9.27. The highest BCUT2D eigenvalue weighted by molar-refractivity contribution is 5.94. The van der Waals surface area contributed by atoms with Crippen LogP contribution in [0.15, 0.2) is 72.1 Å². The smallest absolute Gasteiger partial charge is 0.267 e. The number of hydrogen-bond acceptors (Lipinski definition) is 3. The minimum Gasteiger partial charge on any atom is -0.267 e. The number of hydrogen-bond donors (Lipinski definition) is 1. The molecule has 0 saturated carbocycles. The fourth-order valence-electron chi connectivity index (χ4n) is 2.98. The molecule has 0 bridgehead atoms. The topological polar surface area (TPSA) is 54.4 Å². The highest BCUT2D eigenvalue weighted by atomic mass is 16.2. The average molecular weight is 313 g/mol. The van der Waals surface area contributed by atoms with Crippen molar-refractivity contribution in [1.82, 2.24) is 10.4 Å². The SMILES string of the molecule is O=C(N/N=C/c1ccc2c(c1)Cc1ccccc1-2)c1ccncc1. The van der Waals surface area contributed by atoms with Crippen LogP contribution in [-0.2, 0) is 6.42 Å². The predicted molar refractivity (Wildman–Crippen MR) is 94.0 cm³/mol. The first-order valence-electron chi connectivity index (χ1n) is 7.76. The number of nitrogens with one attached hydrogen (secondary N) is 1. The molecule has 116 valence electrons. The van der Waals surface area contributed by atoms with Gasteiger partial charge in [-0.25, -0.2) is 5.43 Å². The number of pyridine rings is 1. The molecule has 0 radical (unpaired) electrons. The monoisotopic (exact) mass is 313 g/mol. The van der Waals surface area contributed by atoms with Crippen LogP contribution in [-0.4, -0.2) is 17.1 Å². The highest BCUT2D eigenvalue weighted by Crippen LogP contribution is 2.36. The van der Waals surface area contributed by atoms with Gasteiger partial charge in [-0.3, -0.25) is 9.78 Å². The summed E-state index contributed by atoms with van der Waals surface area (Å²) in [6, 6.07) is 18.0. The van der Waals surface area contributed by atoms with E-state index < -0.39 is 0 Å². The van der Waals surface area contributed by atoms with Crippen LogP contribution < -0.4 is 5.43 Å². The number of amides is 1. The van der Waals surface area contributed by atoms with Crippen LogP contribution in [0.4, 0.5) is 0 Å². The molecule has 1 aromatic heterocycles. The van der Waals surface area contributed by atoms with Gasteiger partial charge < -0.3 is 0 Å². The number of carbonyl (C=O) groups excluding carboxylic acids is 1. The molecule has 1 N–H and O–H groups in total. The van der Waals surface area contributed by atoms with Crippen LogP contribution in [0.3, 0.4) is 0 Å². The van der Waals surface area contributed by atoms with E-state index in [1.165, 1.54) is 22.3 Å². The molecule has 2 aromatic carbocycles. The molecule has 0 aliphatic heterocycles. The average Bonchev–Trinajstić information content (AvgIpc) is 3.00. The van der Waals surface area contributed by atoms with Gasteiger partial charge in [-0.05, 0) is 52.4 Å². The summed E-state index contributed by atoms with van der Waals surface area (Å²) < 4.78 is 0. The number of rotatable bonds is 3. The van der Waals surface area contributed by atoms with Gasteiger partial charge in [0.1, 0.15) is 0 Å². The van der Waals surface area contributed by atoms with E-state index in [9.17, 15) is 4.79 Å². The summed E-state index contributed by atoms with van der Waals surface area (Å²) in [5, 5.41) is 4.05. The Kier molecular flexibility index (Phi) is 3.63. The first-order valence-corrected chi connectivity index (χ1v) is 7.76. The molecule has 0 fully saturated rings. The fourth-order valence-corrected chi connectivity index (χ4v) is 2.98. The second kappa shape index (κ2) is 6.08. The lowest BCUT2D eigenvalue weighted by Gasteiger charge is -2.02. The molecular formula is C20H15N3O. The number of aromatic nitrogens is 1. The van der Waals surface area contributed by atoms with Gasteiger partial charge in [-0.1, -0.05) is 36.4 Å². The van der Waals surface area contributed by atoms with Gasteiger partial charge in [0.25, 0.3) is 5.91 Å². The van der Waals surface area contributed by atoms with Crippen LogP contribution >= 0.6 is 0 Å². The highest BCUT2D eigenvalue weighted by Gasteiger charge is 2.17. The molecule has 0 atom stereocenters. The third-order valence-corrected chi connectivity index (χ3v) is 4.14. The van der Waals surface area contributed by atoms with Gasteiger partial charge in [-0.2, -0.15) is 5.10 Å². The zero-order chi connectivity index (χ0) is 16.4. The van der Waals surface area contributed by atoms with Gasteiger partial charge in [0.15, 0.2) is 0 Å². The van der Waals surface area contributed by atoms with Crippen molar-refractivity contribution in [2.24, 2.45) is 5.10 Å². The lowest BCUT2D eigenvalue weighted by Crippen LogP contribution is -2.17. The summed E-state index contributed by atoms with van der Waals surface area (Å²) >= 11 is 0. The summed E-state index contributed by atoms with van der Waals surface area (Å²) in [6.45, 7) is 0. The van der Waals surface area contributed by atoms with E-state index in [1.807, 2.05) is 6.07 Å². The van der Waals surface area contributed by atoms with E-state index in [1.54, 1.807) is 30.7 Å². The Balaban J connectivity index is 1.49. The van der Waals surface area contributed by atoms with Crippen molar-refractivity contribution in [3.8, 4) is 11.1 Å². The van der Waals surface area contributed by atoms with E-state index in [-0.39, 0.29) is 5.91 Å². The zero-order valence-corrected chi connectivity index (χ0v) is 12.9. The summed E-state index contributed by atoms with van der Waals surface area (Å²) in [4.78, 5) is 15.8. The molecule has 4 nitrogen and oxygen atoms in total. The molecule has 0 spiro atoms. The van der Waals surface area contributed by atoms with Gasteiger partial charge in [0, 0.05) is 18.0 Å². The zero-order valence-electron chi connectivity index (χ0n) is 12.9. The van der Waals surface area contributed by atoms with E-state index in [0.717, 1.165) is 12.0 Å². The molecular weight excluding hydrogens is 298 g/mol. The van der Waals surface area contributed by atoms with Gasteiger partial charge >= 0.3 is 0 Å². The van der Waals surface area contributed by atoms with Crippen molar-refractivity contribution in [3.05, 3.63) is 89.2 Å². The van der Waals surface area contributed by atoms with Crippen molar-refractivity contribution in [2.45, 2.75) is 6.42 Å². The molecule has 4 heteroatoms. The Morgan fingerprint density at radius 3 is 2.67 bits per heavy atom. The van der Waals surface area contributed by atoms with Crippen LogP contribution in [0.25, 0.3) is 11.1 Å². The van der Waals surface area contributed by atoms with Crippen LogP contribution in [0.2, 0.25) is 0 Å². The van der Waals surface area contributed by atoms with Crippen molar-refractivity contribution in [2.75, 3.05) is 0 Å². The molecule has 1 aliphatic carbocycles. The summed E-state index contributed by atoms with van der Waals surface area (Å²) in [7, 11) is 0. The maximum Gasteiger partial charge on any atom is 0.271 e. The minimum absolute atomic E-state index is 0.248. The Bertz CT molecular complexity index is 933. The number of fused-ring (bicyclic) bond motifs is 3. The van der Waals surface area contributed by atoms with Crippen LogP contribution in [0.1, 0.15) is 27.0 Å². The third-order valence-electron chi connectivity index (χ3n) is 4.14. The molecule has 1 heterocycles. The lowest BCUT2D eigenvalue weighted by atomic mass is 10.0. The van der Waals surface area contributed by atoms with Gasteiger partial charge in [0.2, 0.25) is 0 Å². The molecule has 4 rings (SSSR count). The molecule has 0 saturated heterocycles. The Morgan fingerprint density at radius 1 is 1.00 bits per heavy atom.